The Bertz CT molecular complexity index is 987. The molecule has 3 aromatic rings. The van der Waals surface area contributed by atoms with E-state index in [1.165, 1.54) is 4.70 Å². The summed E-state index contributed by atoms with van der Waals surface area (Å²) in [5, 5.41) is 4.12. The average molecular weight is 426 g/mol. The zero-order valence-electron chi connectivity index (χ0n) is 17.4. The van der Waals surface area contributed by atoms with Crippen LogP contribution in [0.1, 0.15) is 18.4 Å². The van der Waals surface area contributed by atoms with Crippen molar-refractivity contribution in [1.82, 2.24) is 10.3 Å². The molecule has 0 aliphatic carbocycles. The number of nitrogens with zero attached hydrogens (tertiary/aromatic N) is 2. The average Bonchev–Trinajstić information content (AvgIpc) is 3.23. The first-order chi connectivity index (χ1) is 14.7. The summed E-state index contributed by atoms with van der Waals surface area (Å²) >= 11 is 1.70. The number of anilines is 1. The molecule has 1 amide bonds. The molecule has 0 bridgehead atoms. The predicted octanol–water partition coefficient (Wildman–Crippen LogP) is 3.89. The third-order valence-corrected chi connectivity index (χ3v) is 6.60. The number of aromatic nitrogens is 1. The number of hydrogen-bond acceptors (Lipinski definition) is 6. The minimum atomic E-state index is -0.00355. The number of methoxy groups -OCH3 is 2. The number of thiazole rings is 1. The molecule has 0 saturated carbocycles. The second-order valence-electron chi connectivity index (χ2n) is 7.48. The lowest BCUT2D eigenvalue weighted by Gasteiger charge is -2.31. The standard InChI is InChI=1S/C23H27N3O3S/c1-28-19-10-9-16(14-20(19)29-2)11-12-24-22(27)17-6-5-13-26(15-17)23-25-18-7-3-4-8-21(18)30-23/h3-4,7-10,14,17H,5-6,11-13,15H2,1-2H3,(H,24,27)/t17-/m1/s1. The lowest BCUT2D eigenvalue weighted by atomic mass is 9.97. The maximum atomic E-state index is 12.8. The molecule has 1 atom stereocenters. The number of benzene rings is 2. The minimum absolute atomic E-state index is 0.00355. The van der Waals surface area contributed by atoms with Gasteiger partial charge < -0.3 is 19.7 Å². The second-order valence-corrected chi connectivity index (χ2v) is 8.49. The maximum absolute atomic E-state index is 12.8. The second kappa shape index (κ2) is 9.34. The third-order valence-electron chi connectivity index (χ3n) is 5.51. The number of hydrogen-bond donors (Lipinski definition) is 1. The number of fused-ring (bicyclic) bond motifs is 1. The van der Waals surface area contributed by atoms with E-state index in [1.54, 1.807) is 25.6 Å². The first-order valence-corrected chi connectivity index (χ1v) is 11.1. The van der Waals surface area contributed by atoms with Gasteiger partial charge in [-0.15, -0.1) is 0 Å². The molecule has 4 rings (SSSR count). The van der Waals surface area contributed by atoms with Crippen LogP contribution in [-0.4, -0.2) is 44.7 Å². The Morgan fingerprint density at radius 1 is 1.20 bits per heavy atom. The fourth-order valence-corrected chi connectivity index (χ4v) is 4.87. The van der Waals surface area contributed by atoms with Crippen LogP contribution in [0.3, 0.4) is 0 Å². The highest BCUT2D eigenvalue weighted by atomic mass is 32.1. The number of para-hydroxylation sites is 1. The Kier molecular flexibility index (Phi) is 6.38. The van der Waals surface area contributed by atoms with E-state index in [1.807, 2.05) is 36.4 Å². The number of piperidine rings is 1. The van der Waals surface area contributed by atoms with Crippen LogP contribution in [0.5, 0.6) is 11.5 Å². The van der Waals surface area contributed by atoms with Gasteiger partial charge in [-0.05, 0) is 49.1 Å². The molecular weight excluding hydrogens is 398 g/mol. The largest absolute Gasteiger partial charge is 0.493 e. The normalized spacial score (nSPS) is 16.5. The van der Waals surface area contributed by atoms with Gasteiger partial charge in [0.05, 0.1) is 30.4 Å². The van der Waals surface area contributed by atoms with Crippen molar-refractivity contribution in [3.63, 3.8) is 0 Å². The Morgan fingerprint density at radius 2 is 2.03 bits per heavy atom. The van der Waals surface area contributed by atoms with Crippen LogP contribution in [0, 0.1) is 5.92 Å². The van der Waals surface area contributed by atoms with Gasteiger partial charge >= 0.3 is 0 Å². The molecule has 0 unspecified atom stereocenters. The summed E-state index contributed by atoms with van der Waals surface area (Å²) in [5.74, 6) is 1.54. The van der Waals surface area contributed by atoms with E-state index in [2.05, 4.69) is 16.3 Å². The van der Waals surface area contributed by atoms with Crippen LogP contribution in [0.25, 0.3) is 10.2 Å². The Labute approximate surface area is 180 Å². The Balaban J connectivity index is 1.32. The molecule has 0 radical (unpaired) electrons. The van der Waals surface area contributed by atoms with Crippen LogP contribution in [-0.2, 0) is 11.2 Å². The molecule has 30 heavy (non-hydrogen) atoms. The van der Waals surface area contributed by atoms with E-state index in [-0.39, 0.29) is 11.8 Å². The number of amides is 1. The van der Waals surface area contributed by atoms with Crippen molar-refractivity contribution in [2.75, 3.05) is 38.8 Å². The van der Waals surface area contributed by atoms with Crippen molar-refractivity contribution in [2.45, 2.75) is 19.3 Å². The van der Waals surface area contributed by atoms with Gasteiger partial charge in [0, 0.05) is 19.6 Å². The van der Waals surface area contributed by atoms with Crippen molar-refractivity contribution >= 4 is 32.6 Å². The molecule has 2 heterocycles. The maximum Gasteiger partial charge on any atom is 0.224 e. The van der Waals surface area contributed by atoms with Crippen LogP contribution in [0.15, 0.2) is 42.5 Å². The summed E-state index contributed by atoms with van der Waals surface area (Å²) < 4.78 is 11.8. The molecule has 1 aliphatic rings. The third kappa shape index (κ3) is 4.51. The SMILES string of the molecule is COc1ccc(CCNC(=O)[C@@H]2CCCN(c3nc4ccccc4s3)C2)cc1OC. The van der Waals surface area contributed by atoms with Gasteiger partial charge in [0.2, 0.25) is 5.91 Å². The molecule has 1 saturated heterocycles. The smallest absolute Gasteiger partial charge is 0.224 e. The highest BCUT2D eigenvalue weighted by molar-refractivity contribution is 7.22. The topological polar surface area (TPSA) is 63.7 Å². The van der Waals surface area contributed by atoms with Gasteiger partial charge in [-0.2, -0.15) is 0 Å². The summed E-state index contributed by atoms with van der Waals surface area (Å²) in [6.45, 7) is 2.28. The van der Waals surface area contributed by atoms with Gasteiger partial charge in [0.1, 0.15) is 0 Å². The fourth-order valence-electron chi connectivity index (χ4n) is 3.87. The molecule has 0 spiro atoms. The van der Waals surface area contributed by atoms with Crippen molar-refractivity contribution in [2.24, 2.45) is 5.92 Å². The number of rotatable bonds is 7. The molecule has 158 valence electrons. The zero-order valence-corrected chi connectivity index (χ0v) is 18.2. The van der Waals surface area contributed by atoms with E-state index in [4.69, 9.17) is 14.5 Å². The molecule has 6 nitrogen and oxygen atoms in total. The molecule has 1 N–H and O–H groups in total. The van der Waals surface area contributed by atoms with E-state index >= 15 is 0 Å². The fraction of sp³-hybridized carbons (Fsp3) is 0.391. The van der Waals surface area contributed by atoms with Gasteiger partial charge in [-0.1, -0.05) is 29.5 Å². The van der Waals surface area contributed by atoms with Gasteiger partial charge in [-0.3, -0.25) is 4.79 Å². The van der Waals surface area contributed by atoms with Crippen molar-refractivity contribution in [3.05, 3.63) is 48.0 Å². The summed E-state index contributed by atoms with van der Waals surface area (Å²) in [4.78, 5) is 19.8. The molecule has 7 heteroatoms. The molecule has 2 aromatic carbocycles. The van der Waals surface area contributed by atoms with Crippen LogP contribution in [0.4, 0.5) is 5.13 Å². The summed E-state index contributed by atoms with van der Waals surface area (Å²) in [5.41, 5.74) is 2.13. The minimum Gasteiger partial charge on any atom is -0.493 e. The van der Waals surface area contributed by atoms with Crippen LogP contribution >= 0.6 is 11.3 Å². The summed E-state index contributed by atoms with van der Waals surface area (Å²) in [6.07, 6.45) is 2.67. The summed E-state index contributed by atoms with van der Waals surface area (Å²) in [6, 6.07) is 14.0. The molecular formula is C23H27N3O3S. The van der Waals surface area contributed by atoms with E-state index < -0.39 is 0 Å². The van der Waals surface area contributed by atoms with Gasteiger partial charge in [-0.25, -0.2) is 4.98 Å². The van der Waals surface area contributed by atoms with Gasteiger partial charge in [0.25, 0.3) is 0 Å². The Hall–Kier alpha value is -2.80. The Morgan fingerprint density at radius 3 is 2.83 bits per heavy atom. The lowest BCUT2D eigenvalue weighted by molar-refractivity contribution is -0.125. The number of nitrogens with one attached hydrogen (secondary N) is 1. The first kappa shape index (κ1) is 20.5. The van der Waals surface area contributed by atoms with E-state index in [0.29, 0.717) is 18.0 Å². The molecule has 1 aromatic heterocycles. The zero-order chi connectivity index (χ0) is 20.9. The number of ether oxygens (including phenoxy) is 2. The monoisotopic (exact) mass is 425 g/mol. The quantitative estimate of drug-likeness (QED) is 0.622. The first-order valence-electron chi connectivity index (χ1n) is 10.3. The van der Waals surface area contributed by atoms with Gasteiger partial charge in [0.15, 0.2) is 16.6 Å². The van der Waals surface area contributed by atoms with Crippen molar-refractivity contribution in [3.8, 4) is 11.5 Å². The number of carbonyl (C=O) groups is 1. The molecule has 1 fully saturated rings. The van der Waals surface area contributed by atoms with Crippen LogP contribution < -0.4 is 19.7 Å². The highest BCUT2D eigenvalue weighted by Crippen LogP contribution is 2.31. The summed E-state index contributed by atoms with van der Waals surface area (Å²) in [7, 11) is 3.25. The van der Waals surface area contributed by atoms with E-state index in [0.717, 1.165) is 48.6 Å². The van der Waals surface area contributed by atoms with Crippen LogP contribution in [0.2, 0.25) is 0 Å². The molecule has 1 aliphatic heterocycles. The van der Waals surface area contributed by atoms with Crippen molar-refractivity contribution < 1.29 is 14.3 Å². The lowest BCUT2D eigenvalue weighted by Crippen LogP contribution is -2.43. The number of carbonyl (C=O) groups excluding carboxylic acids is 1. The predicted molar refractivity (Wildman–Crippen MR) is 121 cm³/mol. The van der Waals surface area contributed by atoms with E-state index in [9.17, 15) is 4.79 Å². The van der Waals surface area contributed by atoms with Crippen molar-refractivity contribution in [1.29, 1.82) is 0 Å². The highest BCUT2D eigenvalue weighted by Gasteiger charge is 2.27.